The Morgan fingerprint density at radius 3 is 2.55 bits per heavy atom. The Morgan fingerprint density at radius 1 is 1.25 bits per heavy atom. The van der Waals surface area contributed by atoms with Crippen LogP contribution in [0.4, 0.5) is 0 Å². The quantitative estimate of drug-likeness (QED) is 0.812. The molecule has 3 nitrogen and oxygen atoms in total. The highest BCUT2D eigenvalue weighted by Gasteiger charge is 2.06. The first-order valence-corrected chi connectivity index (χ1v) is 7.17. The maximum atomic E-state index is 10.8. The summed E-state index contributed by atoms with van der Waals surface area (Å²) in [6.45, 7) is 1.96. The smallest absolute Gasteiger partial charge is 0.335 e. The zero-order chi connectivity index (χ0) is 14.5. The number of carbonyl (C=O) groups is 1. The van der Waals surface area contributed by atoms with E-state index in [1.165, 1.54) is 11.8 Å². The number of hydrogen-bond donors (Lipinski definition) is 1. The van der Waals surface area contributed by atoms with Crippen LogP contribution >= 0.6 is 24.0 Å². The average Bonchev–Trinajstić information content (AvgIpc) is 2.87. The number of benzene rings is 1. The molecule has 1 N–H and O–H groups in total. The first-order chi connectivity index (χ1) is 9.60. The van der Waals surface area contributed by atoms with Crippen LogP contribution in [0.5, 0.6) is 0 Å². The summed E-state index contributed by atoms with van der Waals surface area (Å²) in [6.07, 6.45) is 1.91. The van der Waals surface area contributed by atoms with Crippen molar-refractivity contribution in [1.29, 1.82) is 0 Å². The fourth-order valence-electron chi connectivity index (χ4n) is 1.67. The van der Waals surface area contributed by atoms with Crippen molar-refractivity contribution in [3.63, 3.8) is 0 Å². The summed E-state index contributed by atoms with van der Waals surface area (Å²) in [5, 5.41) is 8.86. The molecule has 1 aromatic carbocycles. The molecule has 0 aliphatic rings. The summed E-state index contributed by atoms with van der Waals surface area (Å²) in [5.74, 6) is 0.505. The second-order valence-electron chi connectivity index (χ2n) is 4.05. The molecule has 0 saturated heterocycles. The molecular formula is C15H12O3S2. The highest BCUT2D eigenvalue weighted by atomic mass is 32.2. The number of rotatable bonds is 5. The van der Waals surface area contributed by atoms with Gasteiger partial charge in [0.1, 0.15) is 11.5 Å². The minimum atomic E-state index is -0.938. The lowest BCUT2D eigenvalue weighted by molar-refractivity contribution is 0.0697. The maximum absolute atomic E-state index is 10.8. The van der Waals surface area contributed by atoms with Gasteiger partial charge in [0.15, 0.2) is 0 Å². The van der Waals surface area contributed by atoms with Crippen LogP contribution in [0.3, 0.4) is 0 Å². The molecule has 0 amide bonds. The third kappa shape index (κ3) is 3.59. The van der Waals surface area contributed by atoms with Crippen molar-refractivity contribution in [3.8, 4) is 11.3 Å². The molecule has 0 spiro atoms. The summed E-state index contributed by atoms with van der Waals surface area (Å²) in [4.78, 5) is 11.8. The zero-order valence-electron chi connectivity index (χ0n) is 10.7. The van der Waals surface area contributed by atoms with Crippen molar-refractivity contribution in [2.45, 2.75) is 6.92 Å². The van der Waals surface area contributed by atoms with Gasteiger partial charge in [0.2, 0.25) is 0 Å². The molecular weight excluding hydrogens is 292 g/mol. The number of thioether (sulfide) groups is 1. The van der Waals surface area contributed by atoms with Crippen LogP contribution in [0.25, 0.3) is 17.4 Å². The Morgan fingerprint density at radius 2 is 1.95 bits per heavy atom. The van der Waals surface area contributed by atoms with Gasteiger partial charge in [-0.25, -0.2) is 4.79 Å². The number of furan rings is 1. The van der Waals surface area contributed by atoms with Gasteiger partial charge in [0.25, 0.3) is 0 Å². The van der Waals surface area contributed by atoms with E-state index in [2.05, 4.69) is 0 Å². The van der Waals surface area contributed by atoms with Crippen molar-refractivity contribution in [3.05, 3.63) is 52.6 Å². The molecule has 0 fully saturated rings. The van der Waals surface area contributed by atoms with Crippen molar-refractivity contribution in [1.82, 2.24) is 0 Å². The molecule has 0 aliphatic carbocycles. The highest BCUT2D eigenvalue weighted by Crippen LogP contribution is 2.25. The van der Waals surface area contributed by atoms with Gasteiger partial charge in [-0.2, -0.15) is 0 Å². The van der Waals surface area contributed by atoms with Gasteiger partial charge in [0, 0.05) is 10.3 Å². The fraction of sp³-hybridized carbons (Fsp3) is 0.0667. The molecule has 2 rings (SSSR count). The summed E-state index contributed by atoms with van der Waals surface area (Å²) in [7, 11) is 0. The lowest BCUT2D eigenvalue weighted by atomic mass is 10.1. The van der Waals surface area contributed by atoms with Gasteiger partial charge in [-0.1, -0.05) is 36.1 Å². The van der Waals surface area contributed by atoms with Crippen LogP contribution in [-0.2, 0) is 0 Å². The third-order valence-electron chi connectivity index (χ3n) is 2.62. The number of hydrogen-bond acceptors (Lipinski definition) is 4. The topological polar surface area (TPSA) is 50.4 Å². The van der Waals surface area contributed by atoms with Crippen molar-refractivity contribution < 1.29 is 14.3 Å². The molecule has 102 valence electrons. The predicted octanol–water partition coefficient (Wildman–Crippen LogP) is 4.70. The van der Waals surface area contributed by atoms with Crippen molar-refractivity contribution >= 4 is 40.7 Å². The Hall–Kier alpha value is -1.85. The molecule has 1 aromatic heterocycles. The largest absolute Gasteiger partial charge is 0.478 e. The minimum Gasteiger partial charge on any atom is -0.478 e. The average molecular weight is 304 g/mol. The second-order valence-corrected chi connectivity index (χ2v) is 5.70. The molecule has 5 heteroatoms. The number of aromatic carboxylic acids is 1. The number of allylic oxidation sites excluding steroid dienone is 1. The molecule has 0 bridgehead atoms. The number of thiocarbonyl (C=S) groups is 1. The summed E-state index contributed by atoms with van der Waals surface area (Å²) >= 11 is 6.24. The Bertz CT molecular complexity index is 654. The number of carboxylic acid groups (broad SMARTS) is 1. The standard InChI is InChI=1S/C15H12O3S2/c1-10(20-9-19)8-13-6-7-14(18-13)11-2-4-12(5-3-11)15(16)17/h2-9H,1H3,(H,16,17)/b10-8-. The summed E-state index contributed by atoms with van der Waals surface area (Å²) < 4.78 is 7.30. The maximum Gasteiger partial charge on any atom is 0.335 e. The van der Waals surface area contributed by atoms with E-state index >= 15 is 0 Å². The molecule has 2 aromatic rings. The van der Waals surface area contributed by atoms with Gasteiger partial charge in [-0.05, 0) is 42.2 Å². The molecule has 0 saturated carbocycles. The second kappa shape index (κ2) is 6.54. The monoisotopic (exact) mass is 304 g/mol. The molecule has 1 heterocycles. The van der Waals surface area contributed by atoms with Crippen LogP contribution in [0, 0.1) is 0 Å². The highest BCUT2D eigenvalue weighted by molar-refractivity contribution is 8.23. The van der Waals surface area contributed by atoms with Gasteiger partial charge in [0.05, 0.1) is 5.56 Å². The van der Waals surface area contributed by atoms with E-state index in [0.717, 1.165) is 16.2 Å². The zero-order valence-corrected chi connectivity index (χ0v) is 12.3. The predicted molar refractivity (Wildman–Crippen MR) is 86.0 cm³/mol. The van der Waals surface area contributed by atoms with Crippen LogP contribution in [0.15, 0.2) is 45.7 Å². The minimum absolute atomic E-state index is 0.258. The van der Waals surface area contributed by atoms with E-state index in [4.69, 9.17) is 21.7 Å². The van der Waals surface area contributed by atoms with Crippen LogP contribution in [0.1, 0.15) is 23.0 Å². The molecule has 20 heavy (non-hydrogen) atoms. The van der Waals surface area contributed by atoms with E-state index in [1.807, 2.05) is 25.1 Å². The SMILES string of the molecule is C/C(=C/c1ccc(-c2ccc(C(=O)O)cc2)o1)SC=S. The van der Waals surface area contributed by atoms with Gasteiger partial charge < -0.3 is 9.52 Å². The molecule has 0 atom stereocenters. The van der Waals surface area contributed by atoms with Crippen LogP contribution < -0.4 is 0 Å². The Balaban J connectivity index is 2.22. The van der Waals surface area contributed by atoms with E-state index in [9.17, 15) is 4.79 Å². The fourth-order valence-corrected chi connectivity index (χ4v) is 2.46. The van der Waals surface area contributed by atoms with Gasteiger partial charge >= 0.3 is 5.97 Å². The third-order valence-corrected chi connectivity index (χ3v) is 3.50. The van der Waals surface area contributed by atoms with Crippen molar-refractivity contribution in [2.75, 3.05) is 0 Å². The number of carboxylic acids is 1. The Kier molecular flexibility index (Phi) is 4.76. The van der Waals surface area contributed by atoms with E-state index in [0.29, 0.717) is 5.76 Å². The van der Waals surface area contributed by atoms with E-state index in [1.54, 1.807) is 29.0 Å². The van der Waals surface area contributed by atoms with Crippen molar-refractivity contribution in [2.24, 2.45) is 0 Å². The Labute approximate surface area is 126 Å². The molecule has 0 aliphatic heterocycles. The van der Waals surface area contributed by atoms with Gasteiger partial charge in [-0.15, -0.1) is 0 Å². The first kappa shape index (κ1) is 14.6. The molecule has 0 unspecified atom stereocenters. The summed E-state index contributed by atoms with van der Waals surface area (Å²) in [6, 6.07) is 10.3. The van der Waals surface area contributed by atoms with E-state index < -0.39 is 5.97 Å². The van der Waals surface area contributed by atoms with Crippen LogP contribution in [-0.4, -0.2) is 15.8 Å². The van der Waals surface area contributed by atoms with Gasteiger partial charge in [-0.3, -0.25) is 0 Å². The van der Waals surface area contributed by atoms with Crippen LogP contribution in [0.2, 0.25) is 0 Å². The van der Waals surface area contributed by atoms with E-state index in [-0.39, 0.29) is 5.56 Å². The summed E-state index contributed by atoms with van der Waals surface area (Å²) in [5.41, 5.74) is 1.10. The lowest BCUT2D eigenvalue weighted by Gasteiger charge is -1.98. The first-order valence-electron chi connectivity index (χ1n) is 5.82. The normalized spacial score (nSPS) is 11.3. The molecule has 0 radical (unpaired) electrons. The lowest BCUT2D eigenvalue weighted by Crippen LogP contribution is -1.94.